The number of aromatic nitrogens is 1. The minimum absolute atomic E-state index is 0.126. The molecule has 0 radical (unpaired) electrons. The van der Waals surface area contributed by atoms with Gasteiger partial charge in [0.2, 0.25) is 10.0 Å². The van der Waals surface area contributed by atoms with E-state index in [-0.39, 0.29) is 17.2 Å². The van der Waals surface area contributed by atoms with Gasteiger partial charge in [0.05, 0.1) is 6.61 Å². The van der Waals surface area contributed by atoms with Crippen LogP contribution in [0.3, 0.4) is 0 Å². The first-order valence-corrected chi connectivity index (χ1v) is 7.56. The average Bonchev–Trinajstić information content (AvgIpc) is 2.81. The van der Waals surface area contributed by atoms with Crippen molar-refractivity contribution in [3.8, 4) is 0 Å². The Morgan fingerprint density at radius 2 is 2.10 bits per heavy atom. The maximum absolute atomic E-state index is 12.1. The molecular formula is C13H15N3O4S. The van der Waals surface area contributed by atoms with Gasteiger partial charge in [0.15, 0.2) is 0 Å². The van der Waals surface area contributed by atoms with Crippen molar-refractivity contribution in [2.75, 3.05) is 5.32 Å². The molecule has 112 valence electrons. The van der Waals surface area contributed by atoms with Crippen molar-refractivity contribution in [2.45, 2.75) is 11.5 Å². The van der Waals surface area contributed by atoms with Gasteiger partial charge in [-0.15, -0.1) is 0 Å². The number of carbonyl (C=O) groups excluding carboxylic acids is 1. The molecule has 7 nitrogen and oxygen atoms in total. The number of primary sulfonamides is 1. The van der Waals surface area contributed by atoms with E-state index in [0.29, 0.717) is 11.3 Å². The molecule has 0 saturated carbocycles. The summed E-state index contributed by atoms with van der Waals surface area (Å²) in [7, 11) is -2.31. The largest absolute Gasteiger partial charge is 0.392 e. The predicted molar refractivity (Wildman–Crippen MR) is 77.1 cm³/mol. The van der Waals surface area contributed by atoms with Crippen LogP contribution in [0.1, 0.15) is 16.1 Å². The Balaban J connectivity index is 2.26. The van der Waals surface area contributed by atoms with Gasteiger partial charge >= 0.3 is 0 Å². The number of rotatable bonds is 4. The first kappa shape index (κ1) is 15.2. The zero-order valence-electron chi connectivity index (χ0n) is 11.3. The zero-order chi connectivity index (χ0) is 15.6. The maximum atomic E-state index is 12.1. The molecule has 21 heavy (non-hydrogen) atoms. The molecule has 0 bridgehead atoms. The van der Waals surface area contributed by atoms with Crippen LogP contribution in [0.2, 0.25) is 0 Å². The number of nitrogens with one attached hydrogen (secondary N) is 1. The van der Waals surface area contributed by atoms with Gasteiger partial charge in [0, 0.05) is 18.9 Å². The third-order valence-electron chi connectivity index (χ3n) is 2.91. The molecule has 0 aliphatic carbocycles. The average molecular weight is 309 g/mol. The number of anilines is 1. The van der Waals surface area contributed by atoms with E-state index in [4.69, 9.17) is 10.2 Å². The normalized spacial score (nSPS) is 11.4. The molecule has 0 atom stereocenters. The molecule has 2 aromatic rings. The summed E-state index contributed by atoms with van der Waals surface area (Å²) in [4.78, 5) is 12.0. The van der Waals surface area contributed by atoms with E-state index in [2.05, 4.69) is 5.32 Å². The highest BCUT2D eigenvalue weighted by Crippen LogP contribution is 2.15. The Morgan fingerprint density at radius 3 is 2.67 bits per heavy atom. The SMILES string of the molecule is Cn1cc(S(N)(=O)=O)cc1C(=O)Nc1cccc(CO)c1. The Kier molecular flexibility index (Phi) is 4.12. The highest BCUT2D eigenvalue weighted by atomic mass is 32.2. The van der Waals surface area contributed by atoms with Gasteiger partial charge in [-0.1, -0.05) is 12.1 Å². The number of aliphatic hydroxyl groups excluding tert-OH is 1. The molecule has 2 rings (SSSR count). The molecule has 1 aromatic carbocycles. The van der Waals surface area contributed by atoms with Gasteiger partial charge in [0.1, 0.15) is 10.6 Å². The fourth-order valence-corrected chi connectivity index (χ4v) is 2.44. The van der Waals surface area contributed by atoms with E-state index in [0.717, 1.165) is 0 Å². The molecule has 0 unspecified atom stereocenters. The molecule has 1 heterocycles. The Labute approximate surface area is 122 Å². The number of amides is 1. The molecule has 8 heteroatoms. The third kappa shape index (κ3) is 3.48. The second kappa shape index (κ2) is 5.68. The van der Waals surface area contributed by atoms with Crippen molar-refractivity contribution in [1.29, 1.82) is 0 Å². The standard InChI is InChI=1S/C13H15N3O4S/c1-16-7-11(21(14,19)20)6-12(16)13(18)15-10-4-2-3-9(5-10)8-17/h2-7,17H,8H2,1H3,(H,15,18)(H2,14,19,20). The van der Waals surface area contributed by atoms with Gasteiger partial charge in [-0.25, -0.2) is 13.6 Å². The predicted octanol–water partition coefficient (Wildman–Crippen LogP) is 0.417. The number of sulfonamides is 1. The van der Waals surface area contributed by atoms with Crippen LogP contribution in [0.4, 0.5) is 5.69 Å². The minimum Gasteiger partial charge on any atom is -0.392 e. The lowest BCUT2D eigenvalue weighted by molar-refractivity contribution is 0.101. The summed E-state index contributed by atoms with van der Waals surface area (Å²) >= 11 is 0. The second-order valence-corrected chi connectivity index (χ2v) is 6.09. The number of benzene rings is 1. The Bertz CT molecular complexity index is 780. The fourth-order valence-electron chi connectivity index (χ4n) is 1.86. The van der Waals surface area contributed by atoms with Crippen LogP contribution >= 0.6 is 0 Å². The van der Waals surface area contributed by atoms with Crippen molar-refractivity contribution in [3.05, 3.63) is 47.8 Å². The topological polar surface area (TPSA) is 114 Å². The van der Waals surface area contributed by atoms with E-state index in [1.54, 1.807) is 31.3 Å². The molecule has 0 spiro atoms. The molecule has 0 aliphatic rings. The van der Waals surface area contributed by atoms with E-state index in [9.17, 15) is 13.2 Å². The van der Waals surface area contributed by atoms with Gasteiger partial charge in [-0.05, 0) is 23.8 Å². The number of hydrogen-bond acceptors (Lipinski definition) is 4. The van der Waals surface area contributed by atoms with E-state index in [1.807, 2.05) is 0 Å². The Morgan fingerprint density at radius 1 is 1.38 bits per heavy atom. The monoisotopic (exact) mass is 309 g/mol. The summed E-state index contributed by atoms with van der Waals surface area (Å²) in [5, 5.41) is 16.7. The van der Waals surface area contributed by atoms with E-state index < -0.39 is 15.9 Å². The van der Waals surface area contributed by atoms with Crippen LogP contribution in [-0.2, 0) is 23.7 Å². The first-order valence-electron chi connectivity index (χ1n) is 6.01. The van der Waals surface area contributed by atoms with Crippen LogP contribution < -0.4 is 10.5 Å². The first-order chi connectivity index (χ1) is 9.81. The number of carbonyl (C=O) groups is 1. The van der Waals surface area contributed by atoms with Crippen LogP contribution in [0, 0.1) is 0 Å². The summed E-state index contributed by atoms with van der Waals surface area (Å²) in [6, 6.07) is 7.92. The number of nitrogens with zero attached hydrogens (tertiary/aromatic N) is 1. The van der Waals surface area contributed by atoms with Crippen molar-refractivity contribution in [1.82, 2.24) is 4.57 Å². The number of aryl methyl sites for hydroxylation is 1. The lowest BCUT2D eigenvalue weighted by Crippen LogP contribution is -2.15. The van der Waals surface area contributed by atoms with Crippen molar-refractivity contribution < 1.29 is 18.3 Å². The van der Waals surface area contributed by atoms with Gasteiger partial charge < -0.3 is 15.0 Å². The van der Waals surface area contributed by atoms with E-state index >= 15 is 0 Å². The van der Waals surface area contributed by atoms with Gasteiger partial charge in [-0.3, -0.25) is 4.79 Å². The Hall–Kier alpha value is -2.16. The van der Waals surface area contributed by atoms with Crippen molar-refractivity contribution in [2.24, 2.45) is 12.2 Å². The van der Waals surface area contributed by atoms with Gasteiger partial charge in [-0.2, -0.15) is 0 Å². The van der Waals surface area contributed by atoms with Crippen LogP contribution in [-0.4, -0.2) is 24.0 Å². The van der Waals surface area contributed by atoms with Crippen molar-refractivity contribution >= 4 is 21.6 Å². The smallest absolute Gasteiger partial charge is 0.272 e. The molecular weight excluding hydrogens is 294 g/mol. The van der Waals surface area contributed by atoms with Crippen LogP contribution in [0.5, 0.6) is 0 Å². The van der Waals surface area contributed by atoms with Crippen LogP contribution in [0.25, 0.3) is 0 Å². The second-order valence-electron chi connectivity index (χ2n) is 4.53. The summed E-state index contributed by atoms with van der Waals surface area (Å²) < 4.78 is 23.9. The summed E-state index contributed by atoms with van der Waals surface area (Å²) in [5.74, 6) is -0.470. The minimum atomic E-state index is -3.86. The van der Waals surface area contributed by atoms with Crippen LogP contribution in [0.15, 0.2) is 41.4 Å². The lowest BCUT2D eigenvalue weighted by Gasteiger charge is -2.07. The lowest BCUT2D eigenvalue weighted by atomic mass is 10.2. The third-order valence-corrected chi connectivity index (χ3v) is 3.79. The number of hydrogen-bond donors (Lipinski definition) is 3. The van der Waals surface area contributed by atoms with Gasteiger partial charge in [0.25, 0.3) is 5.91 Å². The molecule has 0 fully saturated rings. The van der Waals surface area contributed by atoms with E-state index in [1.165, 1.54) is 16.8 Å². The molecule has 0 saturated heterocycles. The molecule has 1 aromatic heterocycles. The summed E-state index contributed by atoms with van der Waals surface area (Å²) in [6.07, 6.45) is 1.27. The van der Waals surface area contributed by atoms with Crippen molar-refractivity contribution in [3.63, 3.8) is 0 Å². The number of nitrogens with two attached hydrogens (primary N) is 1. The summed E-state index contributed by atoms with van der Waals surface area (Å²) in [5.41, 5.74) is 1.32. The fraction of sp³-hybridized carbons (Fsp3) is 0.154. The quantitative estimate of drug-likeness (QED) is 0.759. The maximum Gasteiger partial charge on any atom is 0.272 e. The molecule has 0 aliphatic heterocycles. The molecule has 4 N–H and O–H groups in total. The number of aliphatic hydroxyl groups is 1. The summed E-state index contributed by atoms with van der Waals surface area (Å²) in [6.45, 7) is -0.135. The zero-order valence-corrected chi connectivity index (χ0v) is 12.1. The highest BCUT2D eigenvalue weighted by molar-refractivity contribution is 7.89. The molecule has 1 amide bonds. The highest BCUT2D eigenvalue weighted by Gasteiger charge is 2.17.